The first-order valence-corrected chi connectivity index (χ1v) is 9.39. The molecule has 2 aromatic carbocycles. The molecule has 2 atom stereocenters. The van der Waals surface area contributed by atoms with E-state index in [1.54, 1.807) is 0 Å². The molecule has 0 aromatic heterocycles. The molecule has 0 bridgehead atoms. The number of ether oxygens (including phenoxy) is 1. The molecule has 1 aliphatic rings. The Kier molecular flexibility index (Phi) is 6.42. The van der Waals surface area contributed by atoms with Crippen LogP contribution < -0.4 is 5.32 Å². The van der Waals surface area contributed by atoms with Gasteiger partial charge in [-0.05, 0) is 30.5 Å². The van der Waals surface area contributed by atoms with Gasteiger partial charge in [-0.1, -0.05) is 54.6 Å². The summed E-state index contributed by atoms with van der Waals surface area (Å²) >= 11 is 0. The zero-order valence-electron chi connectivity index (χ0n) is 15.7. The van der Waals surface area contributed by atoms with Crippen molar-refractivity contribution in [2.45, 2.75) is 32.5 Å². The number of carbonyl (C=O) groups is 1. The minimum Gasteiger partial charge on any atom is -0.373 e. The highest BCUT2D eigenvalue weighted by Gasteiger charge is 2.21. The van der Waals surface area contributed by atoms with E-state index in [1.165, 1.54) is 11.1 Å². The number of rotatable bonds is 6. The topological polar surface area (TPSA) is 41.6 Å². The van der Waals surface area contributed by atoms with E-state index in [2.05, 4.69) is 48.3 Å². The van der Waals surface area contributed by atoms with E-state index in [0.29, 0.717) is 13.0 Å². The van der Waals surface area contributed by atoms with Gasteiger partial charge in [0, 0.05) is 26.2 Å². The summed E-state index contributed by atoms with van der Waals surface area (Å²) in [6, 6.07) is 18.5. The van der Waals surface area contributed by atoms with Crippen LogP contribution in [0, 0.1) is 0 Å². The average Bonchev–Trinajstić information content (AvgIpc) is 2.62. The lowest BCUT2D eigenvalue weighted by atomic mass is 10.0. The summed E-state index contributed by atoms with van der Waals surface area (Å²) in [5.41, 5.74) is 3.40. The van der Waals surface area contributed by atoms with E-state index in [-0.39, 0.29) is 18.1 Å². The molecular weight excluding hydrogens is 324 g/mol. The summed E-state index contributed by atoms with van der Waals surface area (Å²) in [5.74, 6) is 0.0758. The van der Waals surface area contributed by atoms with Crippen molar-refractivity contribution in [2.24, 2.45) is 0 Å². The van der Waals surface area contributed by atoms with Gasteiger partial charge >= 0.3 is 0 Å². The zero-order chi connectivity index (χ0) is 18.4. The fraction of sp³-hybridized carbons (Fsp3) is 0.409. The lowest BCUT2D eigenvalue weighted by molar-refractivity contribution is -0.120. The van der Waals surface area contributed by atoms with Gasteiger partial charge in [0.05, 0.1) is 18.6 Å². The third-order valence-electron chi connectivity index (χ3n) is 4.67. The van der Waals surface area contributed by atoms with Gasteiger partial charge in [-0.25, -0.2) is 0 Å². The molecule has 26 heavy (non-hydrogen) atoms. The van der Waals surface area contributed by atoms with Crippen molar-refractivity contribution in [2.75, 3.05) is 26.2 Å². The summed E-state index contributed by atoms with van der Waals surface area (Å²) in [6.07, 6.45) is 0.945. The summed E-state index contributed by atoms with van der Waals surface area (Å²) in [6.45, 7) is 7.61. The molecule has 0 saturated carbocycles. The van der Waals surface area contributed by atoms with Crippen molar-refractivity contribution in [3.8, 4) is 11.1 Å². The van der Waals surface area contributed by atoms with Crippen LogP contribution in [-0.4, -0.2) is 49.2 Å². The smallest absolute Gasteiger partial charge is 0.224 e. The van der Waals surface area contributed by atoms with E-state index in [9.17, 15) is 4.79 Å². The number of hydrogen-bond acceptors (Lipinski definition) is 3. The Labute approximate surface area is 156 Å². The molecule has 4 heteroatoms. The minimum atomic E-state index is 0.0758. The number of benzene rings is 2. The summed E-state index contributed by atoms with van der Waals surface area (Å²) in [7, 11) is 0. The third kappa shape index (κ3) is 5.41. The number of hydrogen-bond donors (Lipinski definition) is 1. The van der Waals surface area contributed by atoms with Crippen LogP contribution >= 0.6 is 0 Å². The second-order valence-electron chi connectivity index (χ2n) is 7.11. The zero-order valence-corrected chi connectivity index (χ0v) is 15.7. The lowest BCUT2D eigenvalue weighted by Gasteiger charge is -2.35. The molecule has 0 radical (unpaired) electrons. The second kappa shape index (κ2) is 8.97. The van der Waals surface area contributed by atoms with Crippen LogP contribution in [0.4, 0.5) is 0 Å². The van der Waals surface area contributed by atoms with Gasteiger partial charge in [0.1, 0.15) is 0 Å². The number of amides is 1. The Balaban J connectivity index is 1.43. The largest absolute Gasteiger partial charge is 0.373 e. The molecule has 0 aliphatic carbocycles. The molecule has 1 fully saturated rings. The highest BCUT2D eigenvalue weighted by molar-refractivity contribution is 5.78. The van der Waals surface area contributed by atoms with Crippen LogP contribution in [0.15, 0.2) is 54.6 Å². The van der Waals surface area contributed by atoms with Crippen molar-refractivity contribution in [3.05, 3.63) is 60.2 Å². The first-order valence-electron chi connectivity index (χ1n) is 9.39. The van der Waals surface area contributed by atoms with E-state index < -0.39 is 0 Å². The lowest BCUT2D eigenvalue weighted by Crippen LogP contribution is -2.48. The molecule has 1 amide bonds. The molecular formula is C22H28N2O2. The van der Waals surface area contributed by atoms with Gasteiger partial charge in [0.2, 0.25) is 5.91 Å². The van der Waals surface area contributed by atoms with Crippen molar-refractivity contribution in [3.63, 3.8) is 0 Å². The van der Waals surface area contributed by atoms with Crippen molar-refractivity contribution in [1.29, 1.82) is 0 Å². The molecule has 138 valence electrons. The average molecular weight is 352 g/mol. The fourth-order valence-corrected chi connectivity index (χ4v) is 3.51. The summed E-state index contributed by atoms with van der Waals surface area (Å²) in [4.78, 5) is 14.5. The predicted octanol–water partition coefficient (Wildman–Crippen LogP) is 3.12. The summed E-state index contributed by atoms with van der Waals surface area (Å²) < 4.78 is 5.74. The number of carbonyl (C=O) groups excluding carboxylic acids is 1. The van der Waals surface area contributed by atoms with Crippen LogP contribution in [0.25, 0.3) is 11.1 Å². The monoisotopic (exact) mass is 352 g/mol. The van der Waals surface area contributed by atoms with Crippen molar-refractivity contribution < 1.29 is 9.53 Å². The molecule has 3 rings (SSSR count). The maximum absolute atomic E-state index is 12.2. The molecule has 0 spiro atoms. The molecule has 1 N–H and O–H groups in total. The SMILES string of the molecule is CC1CN(CCNC(=O)Cc2ccc(-c3ccccc3)cc2)CC(C)O1. The minimum absolute atomic E-state index is 0.0758. The number of morpholine rings is 1. The second-order valence-corrected chi connectivity index (χ2v) is 7.11. The number of nitrogens with zero attached hydrogens (tertiary/aromatic N) is 1. The van der Waals surface area contributed by atoms with Crippen molar-refractivity contribution in [1.82, 2.24) is 10.2 Å². The van der Waals surface area contributed by atoms with Crippen LogP contribution in [0.3, 0.4) is 0 Å². The first kappa shape index (κ1) is 18.6. The van der Waals surface area contributed by atoms with Crippen LogP contribution in [0.2, 0.25) is 0 Å². The van der Waals surface area contributed by atoms with Gasteiger partial charge in [-0.3, -0.25) is 9.69 Å². The van der Waals surface area contributed by atoms with Crippen LogP contribution in [-0.2, 0) is 16.0 Å². The molecule has 4 nitrogen and oxygen atoms in total. The third-order valence-corrected chi connectivity index (χ3v) is 4.67. The Morgan fingerprint density at radius 2 is 1.62 bits per heavy atom. The normalized spacial score (nSPS) is 20.7. The fourth-order valence-electron chi connectivity index (χ4n) is 3.51. The maximum atomic E-state index is 12.2. The Hall–Kier alpha value is -2.17. The summed E-state index contributed by atoms with van der Waals surface area (Å²) in [5, 5.41) is 3.03. The molecule has 2 unspecified atom stereocenters. The van der Waals surface area contributed by atoms with E-state index in [0.717, 1.165) is 25.2 Å². The Bertz CT molecular complexity index is 690. The highest BCUT2D eigenvalue weighted by Crippen LogP contribution is 2.19. The van der Waals surface area contributed by atoms with Crippen molar-refractivity contribution >= 4 is 5.91 Å². The standard InChI is InChI=1S/C22H28N2O2/c1-17-15-24(16-18(2)26-17)13-12-23-22(25)14-19-8-10-21(11-9-19)20-6-4-3-5-7-20/h3-11,17-18H,12-16H2,1-2H3,(H,23,25). The molecule has 1 heterocycles. The predicted molar refractivity (Wildman–Crippen MR) is 105 cm³/mol. The molecule has 1 saturated heterocycles. The first-order chi connectivity index (χ1) is 12.6. The number of nitrogens with one attached hydrogen (secondary N) is 1. The molecule has 2 aromatic rings. The van der Waals surface area contributed by atoms with Crippen LogP contribution in [0.5, 0.6) is 0 Å². The maximum Gasteiger partial charge on any atom is 0.224 e. The Morgan fingerprint density at radius 3 is 2.27 bits per heavy atom. The van der Waals surface area contributed by atoms with Gasteiger partial charge < -0.3 is 10.1 Å². The van der Waals surface area contributed by atoms with Gasteiger partial charge in [-0.2, -0.15) is 0 Å². The van der Waals surface area contributed by atoms with E-state index in [1.807, 2.05) is 30.3 Å². The highest BCUT2D eigenvalue weighted by atomic mass is 16.5. The van der Waals surface area contributed by atoms with Gasteiger partial charge in [0.25, 0.3) is 0 Å². The van der Waals surface area contributed by atoms with E-state index in [4.69, 9.17) is 4.74 Å². The van der Waals surface area contributed by atoms with Crippen LogP contribution in [0.1, 0.15) is 19.4 Å². The van der Waals surface area contributed by atoms with Gasteiger partial charge in [0.15, 0.2) is 0 Å². The Morgan fingerprint density at radius 1 is 1.00 bits per heavy atom. The van der Waals surface area contributed by atoms with E-state index >= 15 is 0 Å². The molecule has 1 aliphatic heterocycles. The van der Waals surface area contributed by atoms with Gasteiger partial charge in [-0.15, -0.1) is 0 Å². The quantitative estimate of drug-likeness (QED) is 0.868.